The second-order valence-electron chi connectivity index (χ2n) is 8.40. The van der Waals surface area contributed by atoms with Gasteiger partial charge in [0.05, 0.1) is 4.92 Å². The molecule has 0 bridgehead atoms. The van der Waals surface area contributed by atoms with E-state index in [0.29, 0.717) is 54.2 Å². The van der Waals surface area contributed by atoms with Gasteiger partial charge in [-0.25, -0.2) is 8.42 Å². The average Bonchev–Trinajstić information content (AvgIpc) is 3.53. The number of non-ortho nitro benzene ring substituents is 1. The van der Waals surface area contributed by atoms with Crippen LogP contribution in [0, 0.1) is 15.5 Å². The number of carbonyl (C=O) groups excluding carboxylic acids is 1. The molecule has 11 heteroatoms. The molecule has 0 atom stereocenters. The van der Waals surface area contributed by atoms with E-state index in [1.807, 2.05) is 0 Å². The Hall–Kier alpha value is -2.76. The van der Waals surface area contributed by atoms with Gasteiger partial charge in [-0.05, 0) is 48.3 Å². The highest BCUT2D eigenvalue weighted by Crippen LogP contribution is 2.42. The summed E-state index contributed by atoms with van der Waals surface area (Å²) in [6.07, 6.45) is 2.22. The Kier molecular flexibility index (Phi) is 5.06. The van der Waals surface area contributed by atoms with Crippen molar-refractivity contribution in [2.75, 3.05) is 26.2 Å². The predicted molar refractivity (Wildman–Crippen MR) is 118 cm³/mol. The Morgan fingerprint density at radius 1 is 1.12 bits per heavy atom. The fraction of sp³-hybridized carbons (Fsp3) is 0.381. The first-order valence-electron chi connectivity index (χ1n) is 10.3. The van der Waals surface area contributed by atoms with E-state index in [1.54, 1.807) is 32.8 Å². The van der Waals surface area contributed by atoms with E-state index in [0.717, 1.165) is 6.42 Å². The number of fused-ring (bicyclic) bond motifs is 1. The number of thiophene rings is 1. The summed E-state index contributed by atoms with van der Waals surface area (Å²) in [6, 6.07) is 9.15. The SMILES string of the molecule is O=C(c1cc2cc([N+](=O)[O-])ccc2o1)N1CCC2(CCN(S(=O)(=O)c3cccs3)CC2)C1. The third-order valence-corrected chi connectivity index (χ3v) is 9.79. The maximum atomic E-state index is 13.0. The van der Waals surface area contributed by atoms with Gasteiger partial charge < -0.3 is 9.32 Å². The summed E-state index contributed by atoms with van der Waals surface area (Å²) >= 11 is 1.22. The summed E-state index contributed by atoms with van der Waals surface area (Å²) in [5.41, 5.74) is 0.281. The predicted octanol–water partition coefficient (Wildman–Crippen LogP) is 3.72. The number of amides is 1. The average molecular weight is 476 g/mol. The first-order chi connectivity index (χ1) is 15.3. The maximum Gasteiger partial charge on any atom is 0.289 e. The van der Waals surface area contributed by atoms with Crippen LogP contribution >= 0.6 is 11.3 Å². The zero-order valence-electron chi connectivity index (χ0n) is 17.1. The number of sulfonamides is 1. The van der Waals surface area contributed by atoms with E-state index in [1.165, 1.54) is 29.5 Å². The van der Waals surface area contributed by atoms with E-state index in [2.05, 4.69) is 0 Å². The summed E-state index contributed by atoms with van der Waals surface area (Å²) in [4.78, 5) is 25.3. The van der Waals surface area contributed by atoms with Crippen LogP contribution in [-0.2, 0) is 10.0 Å². The molecule has 5 rings (SSSR count). The molecule has 0 N–H and O–H groups in total. The van der Waals surface area contributed by atoms with Crippen LogP contribution in [0.15, 0.2) is 50.4 Å². The lowest BCUT2D eigenvalue weighted by Gasteiger charge is -2.38. The topological polar surface area (TPSA) is 114 Å². The van der Waals surface area contributed by atoms with E-state index in [9.17, 15) is 23.3 Å². The van der Waals surface area contributed by atoms with Gasteiger partial charge in [-0.3, -0.25) is 14.9 Å². The molecule has 2 aromatic heterocycles. The Morgan fingerprint density at radius 2 is 1.88 bits per heavy atom. The molecule has 1 aromatic carbocycles. The van der Waals surface area contributed by atoms with E-state index < -0.39 is 14.9 Å². The number of nitro groups is 1. The highest BCUT2D eigenvalue weighted by atomic mass is 32.2. The van der Waals surface area contributed by atoms with Gasteiger partial charge in [0, 0.05) is 43.7 Å². The summed E-state index contributed by atoms with van der Waals surface area (Å²) in [6.45, 7) is 2.01. The Bertz CT molecular complexity index is 1290. The molecule has 1 spiro atoms. The lowest BCUT2D eigenvalue weighted by atomic mass is 9.78. The molecule has 2 aliphatic rings. The van der Waals surface area contributed by atoms with E-state index in [4.69, 9.17) is 4.42 Å². The van der Waals surface area contributed by atoms with Gasteiger partial charge in [0.25, 0.3) is 21.6 Å². The maximum absolute atomic E-state index is 13.0. The summed E-state index contributed by atoms with van der Waals surface area (Å²) < 4.78 is 33.1. The van der Waals surface area contributed by atoms with Gasteiger partial charge in [-0.2, -0.15) is 4.31 Å². The molecule has 32 heavy (non-hydrogen) atoms. The molecule has 2 aliphatic heterocycles. The molecule has 0 aliphatic carbocycles. The van der Waals surface area contributed by atoms with Crippen molar-refractivity contribution >= 4 is 43.9 Å². The Balaban J connectivity index is 1.27. The normalized spacial score (nSPS) is 19.1. The second kappa shape index (κ2) is 7.68. The van der Waals surface area contributed by atoms with Crippen LogP contribution in [0.3, 0.4) is 0 Å². The number of nitrogens with zero attached hydrogens (tertiary/aromatic N) is 3. The molecule has 2 fully saturated rings. The number of likely N-dealkylation sites (tertiary alicyclic amines) is 1. The Morgan fingerprint density at radius 3 is 2.56 bits per heavy atom. The van der Waals surface area contributed by atoms with Crippen LogP contribution in [0.25, 0.3) is 11.0 Å². The molecule has 168 valence electrons. The summed E-state index contributed by atoms with van der Waals surface area (Å²) in [5.74, 6) is -0.0791. The number of piperidine rings is 1. The van der Waals surface area contributed by atoms with E-state index in [-0.39, 0.29) is 22.8 Å². The molecule has 4 heterocycles. The quantitative estimate of drug-likeness (QED) is 0.420. The number of nitro benzene ring substituents is 1. The first kappa shape index (κ1) is 21.1. The number of rotatable bonds is 4. The number of furan rings is 1. The standard InChI is InChI=1S/C21H21N3O6S2/c25-20(18-13-15-12-16(24(26)27)3-4-17(15)30-18)22-8-5-21(14-22)6-9-23(10-7-21)32(28,29)19-2-1-11-31-19/h1-4,11-13H,5-10,14H2. The zero-order chi connectivity index (χ0) is 22.5. The Labute approximate surface area is 188 Å². The molecule has 9 nitrogen and oxygen atoms in total. The number of carbonyl (C=O) groups is 1. The molecular weight excluding hydrogens is 454 g/mol. The van der Waals surface area contributed by atoms with Gasteiger partial charge in [0.2, 0.25) is 0 Å². The molecule has 0 saturated carbocycles. The van der Waals surface area contributed by atoms with Crippen molar-refractivity contribution in [2.24, 2.45) is 5.41 Å². The van der Waals surface area contributed by atoms with E-state index >= 15 is 0 Å². The second-order valence-corrected chi connectivity index (χ2v) is 11.5. The third kappa shape index (κ3) is 3.59. The van der Waals surface area contributed by atoms with Crippen LogP contribution in [0.1, 0.15) is 29.8 Å². The first-order valence-corrected chi connectivity index (χ1v) is 12.6. The molecule has 0 radical (unpaired) electrons. The summed E-state index contributed by atoms with van der Waals surface area (Å²) in [7, 11) is -3.45. The van der Waals surface area contributed by atoms with Crippen LogP contribution in [0.4, 0.5) is 5.69 Å². The van der Waals surface area contributed by atoms with Gasteiger partial charge in [0.1, 0.15) is 9.79 Å². The highest BCUT2D eigenvalue weighted by Gasteiger charge is 2.44. The monoisotopic (exact) mass is 475 g/mol. The van der Waals surface area contributed by atoms with Gasteiger partial charge in [0.15, 0.2) is 5.76 Å². The molecular formula is C21H21N3O6S2. The van der Waals surface area contributed by atoms with Crippen LogP contribution < -0.4 is 0 Å². The van der Waals surface area contributed by atoms with Crippen molar-refractivity contribution in [1.82, 2.24) is 9.21 Å². The minimum atomic E-state index is -3.45. The van der Waals surface area contributed by atoms with Crippen molar-refractivity contribution in [3.63, 3.8) is 0 Å². The zero-order valence-corrected chi connectivity index (χ0v) is 18.7. The number of hydrogen-bond acceptors (Lipinski definition) is 7. The highest BCUT2D eigenvalue weighted by molar-refractivity contribution is 7.91. The fourth-order valence-electron chi connectivity index (χ4n) is 4.66. The van der Waals surface area contributed by atoms with Crippen molar-refractivity contribution in [3.8, 4) is 0 Å². The largest absolute Gasteiger partial charge is 0.451 e. The van der Waals surface area contributed by atoms with Crippen LogP contribution in [0.5, 0.6) is 0 Å². The summed E-state index contributed by atoms with van der Waals surface area (Å²) in [5, 5.41) is 13.3. The molecule has 1 amide bonds. The molecule has 2 saturated heterocycles. The number of benzene rings is 1. The molecule has 3 aromatic rings. The fourth-order valence-corrected chi connectivity index (χ4v) is 7.25. The lowest BCUT2D eigenvalue weighted by Crippen LogP contribution is -2.44. The van der Waals surface area contributed by atoms with Crippen molar-refractivity contribution in [2.45, 2.75) is 23.5 Å². The molecule has 0 unspecified atom stereocenters. The van der Waals surface area contributed by atoms with Gasteiger partial charge in [-0.15, -0.1) is 11.3 Å². The minimum Gasteiger partial charge on any atom is -0.451 e. The van der Waals surface area contributed by atoms with Gasteiger partial charge in [-0.1, -0.05) is 6.07 Å². The minimum absolute atomic E-state index is 0.0540. The van der Waals surface area contributed by atoms with Crippen molar-refractivity contribution in [1.29, 1.82) is 0 Å². The van der Waals surface area contributed by atoms with Crippen molar-refractivity contribution < 1.29 is 22.6 Å². The lowest BCUT2D eigenvalue weighted by molar-refractivity contribution is -0.384. The smallest absolute Gasteiger partial charge is 0.289 e. The number of hydrogen-bond donors (Lipinski definition) is 0. The van der Waals surface area contributed by atoms with Crippen LogP contribution in [0.2, 0.25) is 0 Å². The van der Waals surface area contributed by atoms with Gasteiger partial charge >= 0.3 is 0 Å². The van der Waals surface area contributed by atoms with Crippen molar-refractivity contribution in [3.05, 3.63) is 57.7 Å². The van der Waals surface area contributed by atoms with Crippen LogP contribution in [-0.4, -0.2) is 54.6 Å². The third-order valence-electron chi connectivity index (χ3n) is 6.52.